The zero-order valence-electron chi connectivity index (χ0n) is 13.0. The molecule has 0 bridgehead atoms. The molecule has 2 N–H and O–H groups in total. The summed E-state index contributed by atoms with van der Waals surface area (Å²) in [5.41, 5.74) is 0. The topological polar surface area (TPSA) is 82.1 Å². The van der Waals surface area contributed by atoms with E-state index in [0.29, 0.717) is 45.7 Å². The summed E-state index contributed by atoms with van der Waals surface area (Å²) in [6, 6.07) is 0.00916. The van der Waals surface area contributed by atoms with Gasteiger partial charge in [0.25, 0.3) is 0 Å². The Morgan fingerprint density at radius 3 is 2.52 bits per heavy atom. The standard InChI is InChI=1S/C14H27N3O4/c1-16(2)14(20)17-7-4-12(5-8-17)13(19)15-6-3-10-21-11-9-18/h12,18H,3-11H2,1-2H3,(H,15,19). The van der Waals surface area contributed by atoms with Gasteiger partial charge in [0, 0.05) is 46.3 Å². The Morgan fingerprint density at radius 2 is 1.95 bits per heavy atom. The van der Waals surface area contributed by atoms with Gasteiger partial charge in [-0.1, -0.05) is 0 Å². The van der Waals surface area contributed by atoms with E-state index in [9.17, 15) is 9.59 Å². The maximum atomic E-state index is 12.0. The number of hydrogen-bond acceptors (Lipinski definition) is 4. The summed E-state index contributed by atoms with van der Waals surface area (Å²) >= 11 is 0. The second-order valence-corrected chi connectivity index (χ2v) is 5.42. The lowest BCUT2D eigenvalue weighted by molar-refractivity contribution is -0.126. The minimum absolute atomic E-state index is 0.00503. The molecule has 122 valence electrons. The third kappa shape index (κ3) is 6.31. The fourth-order valence-corrected chi connectivity index (χ4v) is 2.31. The van der Waals surface area contributed by atoms with Crippen LogP contribution in [0.15, 0.2) is 0 Å². The van der Waals surface area contributed by atoms with Crippen molar-refractivity contribution in [2.45, 2.75) is 19.3 Å². The summed E-state index contributed by atoms with van der Waals surface area (Å²) in [6.45, 7) is 2.75. The van der Waals surface area contributed by atoms with E-state index in [4.69, 9.17) is 9.84 Å². The Balaban J connectivity index is 2.16. The van der Waals surface area contributed by atoms with Gasteiger partial charge in [-0.05, 0) is 19.3 Å². The van der Waals surface area contributed by atoms with Gasteiger partial charge in [0.15, 0.2) is 0 Å². The van der Waals surface area contributed by atoms with E-state index in [2.05, 4.69) is 5.32 Å². The fraction of sp³-hybridized carbons (Fsp3) is 0.857. The van der Waals surface area contributed by atoms with Gasteiger partial charge in [0.05, 0.1) is 13.2 Å². The number of aliphatic hydroxyl groups is 1. The number of nitrogens with zero attached hydrogens (tertiary/aromatic N) is 2. The molecule has 1 fully saturated rings. The fourth-order valence-electron chi connectivity index (χ4n) is 2.31. The summed E-state index contributed by atoms with van der Waals surface area (Å²) in [4.78, 5) is 27.1. The van der Waals surface area contributed by atoms with Gasteiger partial charge >= 0.3 is 6.03 Å². The zero-order chi connectivity index (χ0) is 15.7. The van der Waals surface area contributed by atoms with E-state index < -0.39 is 0 Å². The number of carbonyl (C=O) groups is 2. The average Bonchev–Trinajstić information content (AvgIpc) is 2.49. The first-order valence-electron chi connectivity index (χ1n) is 7.48. The molecule has 0 aromatic heterocycles. The van der Waals surface area contributed by atoms with Crippen molar-refractivity contribution in [1.29, 1.82) is 0 Å². The van der Waals surface area contributed by atoms with Crippen molar-refractivity contribution in [2.24, 2.45) is 5.92 Å². The third-order valence-electron chi connectivity index (χ3n) is 3.52. The highest BCUT2D eigenvalue weighted by atomic mass is 16.5. The highest BCUT2D eigenvalue weighted by Crippen LogP contribution is 2.18. The monoisotopic (exact) mass is 301 g/mol. The van der Waals surface area contributed by atoms with Crippen LogP contribution in [0.2, 0.25) is 0 Å². The Bertz CT molecular complexity index is 328. The van der Waals surface area contributed by atoms with Crippen LogP contribution in [0.25, 0.3) is 0 Å². The van der Waals surface area contributed by atoms with Crippen molar-refractivity contribution >= 4 is 11.9 Å². The lowest BCUT2D eigenvalue weighted by atomic mass is 9.96. The number of piperidine rings is 1. The molecule has 1 aliphatic rings. The molecule has 1 aliphatic heterocycles. The molecule has 7 heteroatoms. The minimum Gasteiger partial charge on any atom is -0.394 e. The Kier molecular flexibility index (Phi) is 8.07. The normalized spacial score (nSPS) is 15.9. The number of rotatable bonds is 7. The summed E-state index contributed by atoms with van der Waals surface area (Å²) in [5, 5.41) is 11.5. The first kappa shape index (κ1) is 17.7. The predicted molar refractivity (Wildman–Crippen MR) is 78.9 cm³/mol. The molecule has 21 heavy (non-hydrogen) atoms. The van der Waals surface area contributed by atoms with Crippen LogP contribution in [-0.2, 0) is 9.53 Å². The van der Waals surface area contributed by atoms with E-state index >= 15 is 0 Å². The summed E-state index contributed by atoms with van der Waals surface area (Å²) in [5.74, 6) is 0.0590. The first-order chi connectivity index (χ1) is 10.1. The number of urea groups is 1. The molecular formula is C14H27N3O4. The number of amides is 3. The Labute approximate surface area is 126 Å². The maximum Gasteiger partial charge on any atom is 0.319 e. The molecule has 1 heterocycles. The summed E-state index contributed by atoms with van der Waals surface area (Å²) in [6.07, 6.45) is 2.17. The van der Waals surface area contributed by atoms with Crippen molar-refractivity contribution in [2.75, 3.05) is 53.6 Å². The molecule has 0 atom stereocenters. The third-order valence-corrected chi connectivity index (χ3v) is 3.52. The quantitative estimate of drug-likeness (QED) is 0.643. The Morgan fingerprint density at radius 1 is 1.29 bits per heavy atom. The van der Waals surface area contributed by atoms with E-state index in [1.807, 2.05) is 0 Å². The number of likely N-dealkylation sites (tertiary alicyclic amines) is 1. The molecule has 0 aromatic rings. The van der Waals surface area contributed by atoms with Gasteiger partial charge in [-0.15, -0.1) is 0 Å². The first-order valence-corrected chi connectivity index (χ1v) is 7.48. The molecule has 0 aromatic carbocycles. The Hall–Kier alpha value is -1.34. The minimum atomic E-state index is -0.00503. The molecule has 0 aliphatic carbocycles. The average molecular weight is 301 g/mol. The summed E-state index contributed by atoms with van der Waals surface area (Å²) in [7, 11) is 3.47. The van der Waals surface area contributed by atoms with Crippen LogP contribution in [0, 0.1) is 5.92 Å². The molecule has 0 radical (unpaired) electrons. The maximum absolute atomic E-state index is 12.0. The molecule has 3 amide bonds. The molecule has 1 saturated heterocycles. The number of aliphatic hydroxyl groups excluding tert-OH is 1. The predicted octanol–water partition coefficient (Wildman–Crippen LogP) is -0.105. The van der Waals surface area contributed by atoms with E-state index in [1.165, 1.54) is 0 Å². The van der Waals surface area contributed by atoms with Crippen LogP contribution < -0.4 is 5.32 Å². The second kappa shape index (κ2) is 9.57. The van der Waals surface area contributed by atoms with Crippen LogP contribution in [0.5, 0.6) is 0 Å². The van der Waals surface area contributed by atoms with Gasteiger partial charge in [0.1, 0.15) is 0 Å². The van der Waals surface area contributed by atoms with Gasteiger partial charge in [-0.25, -0.2) is 4.79 Å². The molecule has 0 saturated carbocycles. The van der Waals surface area contributed by atoms with Crippen LogP contribution >= 0.6 is 0 Å². The number of carbonyl (C=O) groups excluding carboxylic acids is 2. The molecular weight excluding hydrogens is 274 g/mol. The molecule has 1 rings (SSSR count). The largest absolute Gasteiger partial charge is 0.394 e. The van der Waals surface area contributed by atoms with Crippen LogP contribution in [-0.4, -0.2) is 80.4 Å². The number of nitrogens with one attached hydrogen (secondary N) is 1. The smallest absolute Gasteiger partial charge is 0.319 e. The SMILES string of the molecule is CN(C)C(=O)N1CCC(C(=O)NCCCOCCO)CC1. The van der Waals surface area contributed by atoms with Crippen LogP contribution in [0.3, 0.4) is 0 Å². The zero-order valence-corrected chi connectivity index (χ0v) is 13.0. The molecule has 7 nitrogen and oxygen atoms in total. The lowest BCUT2D eigenvalue weighted by Crippen LogP contribution is -2.46. The highest BCUT2D eigenvalue weighted by molar-refractivity contribution is 5.79. The van der Waals surface area contributed by atoms with Gasteiger partial charge in [-0.2, -0.15) is 0 Å². The van der Waals surface area contributed by atoms with Crippen molar-refractivity contribution in [1.82, 2.24) is 15.1 Å². The lowest BCUT2D eigenvalue weighted by Gasteiger charge is -2.33. The van der Waals surface area contributed by atoms with Crippen molar-refractivity contribution < 1.29 is 19.4 Å². The van der Waals surface area contributed by atoms with Gasteiger partial charge < -0.3 is 25.0 Å². The van der Waals surface area contributed by atoms with Crippen molar-refractivity contribution in [3.63, 3.8) is 0 Å². The van der Waals surface area contributed by atoms with E-state index in [-0.39, 0.29) is 24.5 Å². The van der Waals surface area contributed by atoms with Crippen LogP contribution in [0.4, 0.5) is 4.79 Å². The number of ether oxygens (including phenoxy) is 1. The summed E-state index contributed by atoms with van der Waals surface area (Å²) < 4.78 is 5.12. The van der Waals surface area contributed by atoms with E-state index in [0.717, 1.165) is 6.42 Å². The van der Waals surface area contributed by atoms with Crippen molar-refractivity contribution in [3.8, 4) is 0 Å². The molecule has 0 unspecified atom stereocenters. The van der Waals surface area contributed by atoms with Gasteiger partial charge in [-0.3, -0.25) is 4.79 Å². The van der Waals surface area contributed by atoms with E-state index in [1.54, 1.807) is 23.9 Å². The van der Waals surface area contributed by atoms with Gasteiger partial charge in [0.2, 0.25) is 5.91 Å². The highest BCUT2D eigenvalue weighted by Gasteiger charge is 2.27. The molecule has 0 spiro atoms. The number of hydrogen-bond donors (Lipinski definition) is 2. The second-order valence-electron chi connectivity index (χ2n) is 5.42. The van der Waals surface area contributed by atoms with Crippen LogP contribution in [0.1, 0.15) is 19.3 Å². The van der Waals surface area contributed by atoms with Crippen molar-refractivity contribution in [3.05, 3.63) is 0 Å².